The molecule has 0 aromatic carbocycles. The van der Waals surface area contributed by atoms with Gasteiger partial charge in [0.15, 0.2) is 5.76 Å². The van der Waals surface area contributed by atoms with Gasteiger partial charge < -0.3 is 23.4 Å². The van der Waals surface area contributed by atoms with Crippen LogP contribution in [-0.4, -0.2) is 22.8 Å². The average Bonchev–Trinajstić information content (AvgIpc) is 3.34. The summed E-state index contributed by atoms with van der Waals surface area (Å²) >= 11 is 0. The van der Waals surface area contributed by atoms with E-state index in [2.05, 4.69) is 6.07 Å². The van der Waals surface area contributed by atoms with Crippen LogP contribution in [0.4, 0.5) is 0 Å². The minimum absolute atomic E-state index is 0.0548. The first kappa shape index (κ1) is 16.6. The number of hydrogen-bond donors (Lipinski definition) is 2. The third-order valence-electron chi connectivity index (χ3n) is 5.88. The summed E-state index contributed by atoms with van der Waals surface area (Å²) in [6.07, 6.45) is 2.74. The van der Waals surface area contributed by atoms with Gasteiger partial charge in [0.25, 0.3) is 5.56 Å². The zero-order valence-electron chi connectivity index (χ0n) is 15.1. The molecule has 1 unspecified atom stereocenters. The van der Waals surface area contributed by atoms with Crippen molar-refractivity contribution in [3.63, 3.8) is 0 Å². The average molecular weight is 367 g/mol. The Morgan fingerprint density at radius 1 is 1.15 bits per heavy atom. The number of nitrogens with one attached hydrogen (secondary N) is 1. The van der Waals surface area contributed by atoms with E-state index < -0.39 is 0 Å². The summed E-state index contributed by atoms with van der Waals surface area (Å²) in [5, 5.41) is 9.17. The van der Waals surface area contributed by atoms with E-state index in [1.165, 1.54) is 4.90 Å². The molecule has 5 rings (SSSR count). The summed E-state index contributed by atoms with van der Waals surface area (Å²) in [6.45, 7) is 3.55. The van der Waals surface area contributed by atoms with Gasteiger partial charge in [-0.15, -0.1) is 0 Å². The van der Waals surface area contributed by atoms with Crippen molar-refractivity contribution in [1.82, 2.24) is 4.57 Å². The van der Waals surface area contributed by atoms with Crippen molar-refractivity contribution in [3.05, 3.63) is 70.2 Å². The lowest BCUT2D eigenvalue weighted by molar-refractivity contribution is -0.925. The number of fused-ring (bicyclic) bond motifs is 4. The Morgan fingerprint density at radius 2 is 2.04 bits per heavy atom. The van der Waals surface area contributed by atoms with E-state index in [1.54, 1.807) is 6.26 Å². The molecule has 2 aliphatic rings. The number of aliphatic hydroxyl groups excluding tert-OH is 1. The van der Waals surface area contributed by atoms with E-state index in [0.717, 1.165) is 44.1 Å². The number of pyridine rings is 1. The highest BCUT2D eigenvalue weighted by molar-refractivity contribution is 5.56. The highest BCUT2D eigenvalue weighted by atomic mass is 16.4. The van der Waals surface area contributed by atoms with Crippen molar-refractivity contribution in [3.8, 4) is 11.3 Å². The fourth-order valence-electron chi connectivity index (χ4n) is 4.78. The Bertz CT molecular complexity index is 1000. The zero-order chi connectivity index (χ0) is 18.4. The number of hydrogen-bond acceptors (Lipinski definition) is 4. The lowest BCUT2D eigenvalue weighted by atomic mass is 9.83. The summed E-state index contributed by atoms with van der Waals surface area (Å²) in [6, 6.07) is 11.4. The molecule has 1 fully saturated rings. The molecule has 0 saturated carbocycles. The number of rotatable bonds is 4. The first-order chi connectivity index (χ1) is 13.2. The zero-order valence-corrected chi connectivity index (χ0v) is 15.1. The number of nitrogens with zero attached hydrogens (tertiary/aromatic N) is 1. The van der Waals surface area contributed by atoms with Crippen LogP contribution < -0.4 is 10.5 Å². The molecule has 1 saturated heterocycles. The van der Waals surface area contributed by atoms with Crippen LogP contribution in [0.2, 0.25) is 0 Å². The van der Waals surface area contributed by atoms with E-state index in [-0.39, 0.29) is 12.2 Å². The van der Waals surface area contributed by atoms with Gasteiger partial charge in [0.2, 0.25) is 0 Å². The van der Waals surface area contributed by atoms with E-state index >= 15 is 0 Å². The lowest BCUT2D eigenvalue weighted by Crippen LogP contribution is -3.13. The van der Waals surface area contributed by atoms with E-state index in [4.69, 9.17) is 8.83 Å². The monoisotopic (exact) mass is 367 g/mol. The minimum atomic E-state index is -0.0606. The van der Waals surface area contributed by atoms with Crippen LogP contribution in [0.3, 0.4) is 0 Å². The molecule has 0 radical (unpaired) electrons. The maximum absolute atomic E-state index is 13.0. The third-order valence-corrected chi connectivity index (χ3v) is 5.88. The maximum Gasteiger partial charge on any atom is 0.261 e. The molecule has 2 aliphatic heterocycles. The first-order valence-electron chi connectivity index (χ1n) is 9.51. The van der Waals surface area contributed by atoms with Crippen molar-refractivity contribution in [2.45, 2.75) is 32.0 Å². The van der Waals surface area contributed by atoms with Gasteiger partial charge in [0.05, 0.1) is 24.9 Å². The number of likely N-dealkylation sites (tertiary alicyclic amines) is 1. The molecule has 3 aromatic heterocycles. The van der Waals surface area contributed by atoms with E-state index in [1.807, 2.05) is 34.9 Å². The van der Waals surface area contributed by atoms with Crippen LogP contribution in [0.5, 0.6) is 0 Å². The molecule has 6 nitrogen and oxygen atoms in total. The number of piperidine rings is 1. The topological polar surface area (TPSA) is 73.0 Å². The molecule has 6 heteroatoms. The molecule has 2 N–H and O–H groups in total. The largest absolute Gasteiger partial charge is 0.464 e. The van der Waals surface area contributed by atoms with Crippen molar-refractivity contribution < 1.29 is 18.8 Å². The molecule has 27 heavy (non-hydrogen) atoms. The highest BCUT2D eigenvalue weighted by Gasteiger charge is 2.38. The fourth-order valence-corrected chi connectivity index (χ4v) is 4.78. The summed E-state index contributed by atoms with van der Waals surface area (Å²) < 4.78 is 13.1. The molecule has 5 heterocycles. The van der Waals surface area contributed by atoms with Crippen LogP contribution in [0.1, 0.15) is 29.6 Å². The van der Waals surface area contributed by atoms with Crippen molar-refractivity contribution in [2.24, 2.45) is 5.92 Å². The predicted octanol–water partition coefficient (Wildman–Crippen LogP) is 1.40. The molecule has 2 bridgehead atoms. The van der Waals surface area contributed by atoms with Gasteiger partial charge in [0, 0.05) is 24.1 Å². The first-order valence-corrected chi connectivity index (χ1v) is 9.51. The second-order valence-corrected chi connectivity index (χ2v) is 7.72. The van der Waals surface area contributed by atoms with Gasteiger partial charge in [0.1, 0.15) is 24.7 Å². The SMILES string of the molecule is O=c1c(-c2ccco2)ccc2n1C[C@H]1C[C@@H]2C[NH+](Cc2ccc(CO)o2)C1. The molecular formula is C21H23N2O4+. The summed E-state index contributed by atoms with van der Waals surface area (Å²) in [7, 11) is 0. The predicted molar refractivity (Wildman–Crippen MR) is 98.3 cm³/mol. The van der Waals surface area contributed by atoms with Crippen molar-refractivity contribution in [1.29, 1.82) is 0 Å². The second-order valence-electron chi connectivity index (χ2n) is 7.72. The van der Waals surface area contributed by atoms with Crippen LogP contribution in [0, 0.1) is 5.92 Å². The Morgan fingerprint density at radius 3 is 2.81 bits per heavy atom. The van der Waals surface area contributed by atoms with Crippen LogP contribution in [0.15, 0.2) is 56.3 Å². The summed E-state index contributed by atoms with van der Waals surface area (Å²) in [4.78, 5) is 14.5. The molecule has 3 atom stereocenters. The minimum Gasteiger partial charge on any atom is -0.464 e. The Hall–Kier alpha value is -2.57. The van der Waals surface area contributed by atoms with Crippen molar-refractivity contribution >= 4 is 0 Å². The van der Waals surface area contributed by atoms with Gasteiger partial charge in [-0.3, -0.25) is 4.79 Å². The number of aromatic nitrogens is 1. The van der Waals surface area contributed by atoms with Crippen LogP contribution in [-0.2, 0) is 19.7 Å². The Balaban J connectivity index is 1.41. The highest BCUT2D eigenvalue weighted by Crippen LogP contribution is 2.31. The molecular weight excluding hydrogens is 344 g/mol. The summed E-state index contributed by atoms with van der Waals surface area (Å²) in [5.74, 6) is 3.04. The third kappa shape index (κ3) is 2.95. The second kappa shape index (κ2) is 6.55. The number of quaternary nitrogens is 1. The maximum atomic E-state index is 13.0. The molecule has 0 aliphatic carbocycles. The molecule has 3 aromatic rings. The number of furan rings is 2. The fraction of sp³-hybridized carbons (Fsp3) is 0.381. The smallest absolute Gasteiger partial charge is 0.261 e. The van der Waals surface area contributed by atoms with Gasteiger partial charge >= 0.3 is 0 Å². The molecule has 140 valence electrons. The van der Waals surface area contributed by atoms with Gasteiger partial charge in [-0.1, -0.05) is 0 Å². The Kier molecular flexibility index (Phi) is 4.02. The quantitative estimate of drug-likeness (QED) is 0.731. The van der Waals surface area contributed by atoms with E-state index in [9.17, 15) is 9.90 Å². The van der Waals surface area contributed by atoms with Gasteiger partial charge in [-0.05, 0) is 42.8 Å². The molecule has 0 amide bonds. The Labute approximate surface area is 156 Å². The van der Waals surface area contributed by atoms with Gasteiger partial charge in [-0.25, -0.2) is 0 Å². The van der Waals surface area contributed by atoms with Crippen LogP contribution >= 0.6 is 0 Å². The lowest BCUT2D eigenvalue weighted by Gasteiger charge is -2.40. The van der Waals surface area contributed by atoms with Crippen molar-refractivity contribution in [2.75, 3.05) is 13.1 Å². The number of aliphatic hydroxyl groups is 1. The molecule has 0 spiro atoms. The normalized spacial score (nSPS) is 24.0. The van der Waals surface area contributed by atoms with Crippen LogP contribution in [0.25, 0.3) is 11.3 Å². The summed E-state index contributed by atoms with van der Waals surface area (Å²) in [5.41, 5.74) is 1.83. The van der Waals surface area contributed by atoms with Gasteiger partial charge in [-0.2, -0.15) is 0 Å². The van der Waals surface area contributed by atoms with E-state index in [0.29, 0.717) is 28.9 Å². The standard InChI is InChI=1S/C21H22N2O4/c24-13-17-4-3-16(27-17)12-22-9-14-8-15(11-22)19-6-5-18(20-2-1-7-26-20)21(25)23(19)10-14/h1-7,14-15,24H,8-13H2/p+1/t14-,15+/m0/s1.